The number of rotatable bonds is 1. The zero-order chi connectivity index (χ0) is 11.0. The molecule has 1 rings (SSSR count). The smallest absolute Gasteiger partial charge is 0.225 e. The molecule has 0 aliphatic heterocycles. The summed E-state index contributed by atoms with van der Waals surface area (Å²) in [6, 6.07) is 6.66. The normalized spacial score (nSPS) is 12.0. The van der Waals surface area contributed by atoms with E-state index in [1.807, 2.05) is 0 Å². The van der Waals surface area contributed by atoms with Gasteiger partial charge in [-0.25, -0.2) is 13.6 Å². The Kier molecular flexibility index (Phi) is 5.67. The van der Waals surface area contributed by atoms with E-state index >= 15 is 0 Å². The first-order chi connectivity index (χ1) is 6.21. The minimum Gasteiger partial charge on any atom is -0.225 e. The predicted molar refractivity (Wildman–Crippen MR) is 62.3 cm³/mol. The molecule has 0 bridgehead atoms. The molecule has 1 aromatic carbocycles. The van der Waals surface area contributed by atoms with Crippen LogP contribution in [0.25, 0.3) is 0 Å². The van der Waals surface area contributed by atoms with Crippen LogP contribution in [0, 0.1) is 0 Å². The molecule has 0 unspecified atom stereocenters. The third-order valence-electron chi connectivity index (χ3n) is 2.05. The summed E-state index contributed by atoms with van der Waals surface area (Å²) in [6.45, 7) is 6.21. The van der Waals surface area contributed by atoms with Crippen molar-refractivity contribution in [1.29, 1.82) is 0 Å². The average Bonchev–Trinajstić information content (AvgIpc) is 2.01. The summed E-state index contributed by atoms with van der Waals surface area (Å²) < 4.78 is 21.9. The molecule has 0 aliphatic carbocycles. The van der Waals surface area contributed by atoms with E-state index in [0.717, 1.165) is 5.56 Å². The monoisotopic (exact) mass is 252 g/mol. The van der Waals surface area contributed by atoms with E-state index in [0.29, 0.717) is 0 Å². The van der Waals surface area contributed by atoms with Gasteiger partial charge in [0.1, 0.15) is 0 Å². The van der Waals surface area contributed by atoms with Gasteiger partial charge in [0.05, 0.1) is 4.90 Å². The van der Waals surface area contributed by atoms with E-state index in [9.17, 15) is 8.42 Å². The van der Waals surface area contributed by atoms with Crippen molar-refractivity contribution in [2.45, 2.75) is 31.1 Å². The van der Waals surface area contributed by atoms with E-state index in [-0.39, 0.29) is 61.7 Å². The van der Waals surface area contributed by atoms with Crippen LogP contribution in [-0.4, -0.2) is 59.8 Å². The number of primary sulfonamides is 1. The van der Waals surface area contributed by atoms with Crippen LogP contribution in [-0.2, 0) is 15.4 Å². The average molecular weight is 252 g/mol. The molecule has 1 radical (unpaired) electrons. The summed E-state index contributed by atoms with van der Waals surface area (Å²) in [5, 5.41) is 4.99. The second-order valence-corrected chi connectivity index (χ2v) is 5.88. The van der Waals surface area contributed by atoms with Gasteiger partial charge in [-0.05, 0) is 23.1 Å². The molecule has 0 saturated heterocycles. The Morgan fingerprint density at radius 2 is 1.47 bits per heavy atom. The molecule has 0 fully saturated rings. The molecule has 0 saturated carbocycles. The fourth-order valence-electron chi connectivity index (χ4n) is 1.14. The summed E-state index contributed by atoms with van der Waals surface area (Å²) in [7, 11) is -3.57. The van der Waals surface area contributed by atoms with Crippen molar-refractivity contribution in [2.24, 2.45) is 5.14 Å². The minimum atomic E-state index is -3.57. The molecule has 2 N–H and O–H groups in total. The molecule has 0 heterocycles. The second-order valence-electron chi connectivity index (χ2n) is 4.32. The van der Waals surface area contributed by atoms with Gasteiger partial charge in [0, 0.05) is 51.4 Å². The van der Waals surface area contributed by atoms with Crippen LogP contribution in [0.1, 0.15) is 26.3 Å². The molecular formula is C10H15KNO2S. The first-order valence-electron chi connectivity index (χ1n) is 4.34. The molecule has 5 heteroatoms. The van der Waals surface area contributed by atoms with Gasteiger partial charge in [-0.3, -0.25) is 0 Å². The Hall–Kier alpha value is 0.766. The Labute approximate surface area is 134 Å². The Morgan fingerprint density at radius 1 is 1.07 bits per heavy atom. The van der Waals surface area contributed by atoms with Crippen molar-refractivity contribution < 1.29 is 8.42 Å². The maximum absolute atomic E-state index is 11.0. The third kappa shape index (κ3) is 4.64. The SMILES string of the molecule is CC(C)(C)c1ccc(S(N)(=O)=O)cc1.[K]. The van der Waals surface area contributed by atoms with E-state index in [2.05, 4.69) is 20.8 Å². The molecule has 0 amide bonds. The van der Waals surface area contributed by atoms with E-state index in [1.165, 1.54) is 12.1 Å². The quantitative estimate of drug-likeness (QED) is 0.765. The molecule has 0 aromatic heterocycles. The van der Waals surface area contributed by atoms with Crippen molar-refractivity contribution in [2.75, 3.05) is 0 Å². The molecule has 79 valence electrons. The van der Waals surface area contributed by atoms with Crippen molar-refractivity contribution in [3.63, 3.8) is 0 Å². The maximum atomic E-state index is 11.0. The van der Waals surface area contributed by atoms with Crippen LogP contribution < -0.4 is 5.14 Å². The zero-order valence-corrected chi connectivity index (χ0v) is 13.6. The predicted octanol–water partition coefficient (Wildman–Crippen LogP) is 1.25. The van der Waals surface area contributed by atoms with Gasteiger partial charge < -0.3 is 0 Å². The van der Waals surface area contributed by atoms with E-state index < -0.39 is 10.0 Å². The van der Waals surface area contributed by atoms with Gasteiger partial charge in [-0.2, -0.15) is 0 Å². The maximum Gasteiger partial charge on any atom is 0.238 e. The van der Waals surface area contributed by atoms with Crippen LogP contribution in [0.15, 0.2) is 29.2 Å². The molecule has 0 spiro atoms. The van der Waals surface area contributed by atoms with Crippen molar-refractivity contribution in [3.05, 3.63) is 29.8 Å². The van der Waals surface area contributed by atoms with Crippen LogP contribution in [0.3, 0.4) is 0 Å². The van der Waals surface area contributed by atoms with E-state index in [1.54, 1.807) is 12.1 Å². The summed E-state index contributed by atoms with van der Waals surface area (Å²) in [4.78, 5) is 0.158. The van der Waals surface area contributed by atoms with Gasteiger partial charge in [0.15, 0.2) is 0 Å². The van der Waals surface area contributed by atoms with Crippen molar-refractivity contribution in [3.8, 4) is 0 Å². The molecule has 0 aliphatic rings. The summed E-state index contributed by atoms with van der Waals surface area (Å²) in [5.41, 5.74) is 1.11. The number of sulfonamides is 1. The van der Waals surface area contributed by atoms with Gasteiger partial charge in [0.25, 0.3) is 0 Å². The zero-order valence-electron chi connectivity index (χ0n) is 9.61. The first kappa shape index (κ1) is 15.8. The fourth-order valence-corrected chi connectivity index (χ4v) is 1.66. The standard InChI is InChI=1S/C10H15NO2S.K/c1-10(2,3)8-4-6-9(7-5-8)14(11,12)13;/h4-7H,1-3H3,(H2,11,12,13);. The topological polar surface area (TPSA) is 60.2 Å². The van der Waals surface area contributed by atoms with Crippen LogP contribution in [0.2, 0.25) is 0 Å². The van der Waals surface area contributed by atoms with Crippen molar-refractivity contribution in [1.82, 2.24) is 0 Å². The van der Waals surface area contributed by atoms with E-state index in [4.69, 9.17) is 5.14 Å². The van der Waals surface area contributed by atoms with Crippen LogP contribution in [0.5, 0.6) is 0 Å². The fraction of sp³-hybridized carbons (Fsp3) is 0.400. The summed E-state index contributed by atoms with van der Waals surface area (Å²) in [6.07, 6.45) is 0. The first-order valence-corrected chi connectivity index (χ1v) is 5.89. The number of nitrogens with two attached hydrogens (primary N) is 1. The number of benzene rings is 1. The largest absolute Gasteiger partial charge is 0.238 e. The van der Waals surface area contributed by atoms with Gasteiger partial charge >= 0.3 is 0 Å². The summed E-state index contributed by atoms with van der Waals surface area (Å²) in [5.74, 6) is 0. The van der Waals surface area contributed by atoms with Crippen LogP contribution >= 0.6 is 0 Å². The molecule has 3 nitrogen and oxygen atoms in total. The number of hydrogen-bond acceptors (Lipinski definition) is 2. The summed E-state index contributed by atoms with van der Waals surface area (Å²) >= 11 is 0. The number of hydrogen-bond donors (Lipinski definition) is 1. The molecule has 15 heavy (non-hydrogen) atoms. The molecule has 1 aromatic rings. The Balaban J connectivity index is 0.00000196. The van der Waals surface area contributed by atoms with Gasteiger partial charge in [-0.1, -0.05) is 32.9 Å². The third-order valence-corrected chi connectivity index (χ3v) is 2.98. The molecular weight excluding hydrogens is 237 g/mol. The minimum absolute atomic E-state index is 0. The Morgan fingerprint density at radius 3 is 1.73 bits per heavy atom. The van der Waals surface area contributed by atoms with Gasteiger partial charge in [-0.15, -0.1) is 0 Å². The second kappa shape index (κ2) is 5.40. The Bertz CT molecular complexity index is 418. The van der Waals surface area contributed by atoms with Crippen molar-refractivity contribution >= 4 is 61.4 Å². The van der Waals surface area contributed by atoms with Crippen LogP contribution in [0.4, 0.5) is 0 Å². The molecule has 0 atom stereocenters. The van der Waals surface area contributed by atoms with Gasteiger partial charge in [0.2, 0.25) is 10.0 Å².